The van der Waals surface area contributed by atoms with Gasteiger partial charge in [0.25, 0.3) is 0 Å². The van der Waals surface area contributed by atoms with E-state index in [1.54, 1.807) is 6.20 Å². The molecule has 1 aromatic carbocycles. The van der Waals surface area contributed by atoms with E-state index >= 15 is 0 Å². The van der Waals surface area contributed by atoms with E-state index in [1.807, 2.05) is 28.9 Å². The van der Waals surface area contributed by atoms with Gasteiger partial charge in [-0.05, 0) is 23.6 Å². The molecule has 6 nitrogen and oxygen atoms in total. The van der Waals surface area contributed by atoms with Crippen molar-refractivity contribution in [1.82, 2.24) is 19.7 Å². The first-order chi connectivity index (χ1) is 13.3. The fourth-order valence-corrected chi connectivity index (χ4v) is 3.01. The molecule has 3 aromatic rings. The van der Waals surface area contributed by atoms with Crippen LogP contribution in [0.2, 0.25) is 0 Å². The molecule has 0 amide bonds. The van der Waals surface area contributed by atoms with Crippen molar-refractivity contribution in [3.8, 4) is 11.1 Å². The van der Waals surface area contributed by atoms with Crippen molar-refractivity contribution < 1.29 is 9.90 Å². The lowest BCUT2D eigenvalue weighted by atomic mass is 9.96. The van der Waals surface area contributed by atoms with Gasteiger partial charge in [0.05, 0.1) is 5.56 Å². The number of nitrogens with zero attached hydrogens (tertiary/aromatic N) is 4. The predicted octanol–water partition coefficient (Wildman–Crippen LogP) is 4.34. The molecular formula is C22H26N4O2. The summed E-state index contributed by atoms with van der Waals surface area (Å²) < 4.78 is 2.00. The van der Waals surface area contributed by atoms with Gasteiger partial charge in [0.1, 0.15) is 5.82 Å². The number of hydrogen-bond donors (Lipinski definition) is 1. The molecule has 0 saturated heterocycles. The zero-order valence-corrected chi connectivity index (χ0v) is 16.8. The molecule has 6 heteroatoms. The van der Waals surface area contributed by atoms with Crippen molar-refractivity contribution in [2.45, 2.75) is 52.5 Å². The van der Waals surface area contributed by atoms with Crippen LogP contribution in [0.1, 0.15) is 61.7 Å². The van der Waals surface area contributed by atoms with Crippen molar-refractivity contribution >= 4 is 5.97 Å². The second kappa shape index (κ2) is 7.92. The molecule has 0 aliphatic heterocycles. The van der Waals surface area contributed by atoms with E-state index in [1.165, 1.54) is 12.3 Å². The first-order valence-electron chi connectivity index (χ1n) is 9.50. The first-order valence-corrected chi connectivity index (χ1v) is 9.50. The third kappa shape index (κ3) is 4.27. The second-order valence-electron chi connectivity index (χ2n) is 7.92. The van der Waals surface area contributed by atoms with Crippen LogP contribution in [0.3, 0.4) is 0 Å². The zero-order valence-electron chi connectivity index (χ0n) is 16.8. The van der Waals surface area contributed by atoms with Crippen LogP contribution in [0, 0.1) is 0 Å². The van der Waals surface area contributed by atoms with Crippen LogP contribution in [0.25, 0.3) is 11.1 Å². The lowest BCUT2D eigenvalue weighted by Gasteiger charge is -2.12. The maximum Gasteiger partial charge on any atom is 0.336 e. The van der Waals surface area contributed by atoms with Gasteiger partial charge in [-0.2, -0.15) is 5.10 Å². The van der Waals surface area contributed by atoms with Crippen molar-refractivity contribution in [1.29, 1.82) is 0 Å². The van der Waals surface area contributed by atoms with Gasteiger partial charge < -0.3 is 5.11 Å². The number of benzene rings is 1. The minimum atomic E-state index is -0.955. The van der Waals surface area contributed by atoms with Gasteiger partial charge in [0.2, 0.25) is 0 Å². The molecule has 1 N–H and O–H groups in total. The number of pyridine rings is 1. The van der Waals surface area contributed by atoms with Gasteiger partial charge in [-0.3, -0.25) is 4.98 Å². The van der Waals surface area contributed by atoms with Crippen molar-refractivity contribution in [3.05, 3.63) is 65.5 Å². The molecule has 2 aromatic heterocycles. The van der Waals surface area contributed by atoms with E-state index in [2.05, 4.69) is 32.7 Å². The monoisotopic (exact) mass is 378 g/mol. The highest BCUT2D eigenvalue weighted by atomic mass is 16.4. The predicted molar refractivity (Wildman–Crippen MR) is 108 cm³/mol. The topological polar surface area (TPSA) is 80.9 Å². The molecule has 3 rings (SSSR count). The van der Waals surface area contributed by atoms with Crippen molar-refractivity contribution in [2.24, 2.45) is 0 Å². The van der Waals surface area contributed by atoms with E-state index in [0.29, 0.717) is 12.0 Å². The summed E-state index contributed by atoms with van der Waals surface area (Å²) in [6.07, 6.45) is 4.76. The third-order valence-electron chi connectivity index (χ3n) is 4.53. The van der Waals surface area contributed by atoms with Crippen LogP contribution < -0.4 is 0 Å². The Kier molecular flexibility index (Phi) is 5.58. The maximum absolute atomic E-state index is 11.4. The molecule has 2 heterocycles. The highest BCUT2D eigenvalue weighted by molar-refractivity contribution is 5.95. The van der Waals surface area contributed by atoms with Crippen LogP contribution in [-0.2, 0) is 18.4 Å². The quantitative estimate of drug-likeness (QED) is 0.690. The molecule has 0 atom stereocenters. The summed E-state index contributed by atoms with van der Waals surface area (Å²) in [5, 5.41) is 14.1. The molecule has 0 spiro atoms. The van der Waals surface area contributed by atoms with Gasteiger partial charge in [0.15, 0.2) is 5.82 Å². The van der Waals surface area contributed by atoms with Crippen LogP contribution >= 0.6 is 0 Å². The Morgan fingerprint density at radius 2 is 1.86 bits per heavy atom. The Bertz CT molecular complexity index is 969. The van der Waals surface area contributed by atoms with Gasteiger partial charge in [-0.25, -0.2) is 14.5 Å². The standard InChI is InChI=1S/C22H26N4O2/c1-5-12-26-19(24-21(25-26)22(2,3)4)13-15-6-8-16(9-7-15)18-14-23-11-10-17(18)20(27)28/h6-11,14H,5,12-13H2,1-4H3,(H,27,28). The van der Waals surface area contributed by atoms with E-state index < -0.39 is 5.97 Å². The Balaban J connectivity index is 1.88. The minimum Gasteiger partial charge on any atom is -0.478 e. The van der Waals surface area contributed by atoms with Crippen LogP contribution in [-0.4, -0.2) is 30.8 Å². The Labute approximate surface area is 165 Å². The smallest absolute Gasteiger partial charge is 0.336 e. The summed E-state index contributed by atoms with van der Waals surface area (Å²) in [6, 6.07) is 9.41. The number of aromatic carboxylic acids is 1. The fourth-order valence-electron chi connectivity index (χ4n) is 3.01. The highest BCUT2D eigenvalue weighted by Gasteiger charge is 2.21. The molecule has 0 unspecified atom stereocenters. The maximum atomic E-state index is 11.4. The summed E-state index contributed by atoms with van der Waals surface area (Å²) in [5.41, 5.74) is 2.71. The Morgan fingerprint density at radius 1 is 1.14 bits per heavy atom. The number of aromatic nitrogens is 4. The number of hydrogen-bond acceptors (Lipinski definition) is 4. The fraction of sp³-hybridized carbons (Fsp3) is 0.364. The summed E-state index contributed by atoms with van der Waals surface area (Å²) in [6.45, 7) is 9.32. The molecule has 0 fully saturated rings. The third-order valence-corrected chi connectivity index (χ3v) is 4.53. The molecule has 28 heavy (non-hydrogen) atoms. The van der Waals surface area contributed by atoms with Gasteiger partial charge in [-0.1, -0.05) is 52.0 Å². The number of carboxylic acids is 1. The van der Waals surface area contributed by atoms with E-state index in [-0.39, 0.29) is 11.0 Å². The SMILES string of the molecule is CCCn1nc(C(C)(C)C)nc1Cc1ccc(-c2cnccc2C(=O)O)cc1. The molecule has 0 aliphatic rings. The highest BCUT2D eigenvalue weighted by Crippen LogP contribution is 2.24. The first kappa shape index (κ1) is 19.7. The second-order valence-corrected chi connectivity index (χ2v) is 7.92. The van der Waals surface area contributed by atoms with Gasteiger partial charge in [-0.15, -0.1) is 0 Å². The van der Waals surface area contributed by atoms with E-state index in [4.69, 9.17) is 10.1 Å². The molecule has 0 saturated carbocycles. The average Bonchev–Trinajstić information content (AvgIpc) is 3.06. The van der Waals surface area contributed by atoms with Crippen LogP contribution in [0.5, 0.6) is 0 Å². The molecule has 0 radical (unpaired) electrons. The number of carboxylic acid groups (broad SMARTS) is 1. The largest absolute Gasteiger partial charge is 0.478 e. The number of aryl methyl sites for hydroxylation is 1. The molecular weight excluding hydrogens is 352 g/mol. The lowest BCUT2D eigenvalue weighted by Crippen LogP contribution is -2.14. The summed E-state index contributed by atoms with van der Waals surface area (Å²) >= 11 is 0. The lowest BCUT2D eigenvalue weighted by molar-refractivity contribution is 0.0697. The summed E-state index contributed by atoms with van der Waals surface area (Å²) in [4.78, 5) is 20.3. The average molecular weight is 378 g/mol. The zero-order chi connectivity index (χ0) is 20.3. The molecule has 146 valence electrons. The van der Waals surface area contributed by atoms with E-state index in [9.17, 15) is 9.90 Å². The molecule has 0 aliphatic carbocycles. The molecule has 0 bridgehead atoms. The van der Waals surface area contributed by atoms with Crippen LogP contribution in [0.15, 0.2) is 42.7 Å². The Hall–Kier alpha value is -3.02. The van der Waals surface area contributed by atoms with Crippen molar-refractivity contribution in [2.75, 3.05) is 0 Å². The normalized spacial score (nSPS) is 11.6. The Morgan fingerprint density at radius 3 is 2.46 bits per heavy atom. The van der Waals surface area contributed by atoms with E-state index in [0.717, 1.165) is 35.7 Å². The minimum absolute atomic E-state index is 0.0921. The van der Waals surface area contributed by atoms with Gasteiger partial charge in [0, 0.05) is 36.3 Å². The number of rotatable bonds is 6. The van der Waals surface area contributed by atoms with Crippen LogP contribution in [0.4, 0.5) is 0 Å². The summed E-state index contributed by atoms with van der Waals surface area (Å²) in [5.74, 6) is 0.852. The summed E-state index contributed by atoms with van der Waals surface area (Å²) in [7, 11) is 0. The van der Waals surface area contributed by atoms with Gasteiger partial charge >= 0.3 is 5.97 Å². The van der Waals surface area contributed by atoms with Crippen molar-refractivity contribution in [3.63, 3.8) is 0 Å². The number of carbonyl (C=O) groups is 1.